The van der Waals surface area contributed by atoms with E-state index in [0.717, 1.165) is 12.8 Å². The van der Waals surface area contributed by atoms with Crippen molar-refractivity contribution in [3.63, 3.8) is 0 Å². The number of aliphatic carboxylic acids is 2. The number of hydrogen-bond acceptors (Lipinski definition) is 2. The predicted octanol–water partition coefficient (Wildman–Crippen LogP) is 3.69. The molecule has 0 fully saturated rings. The summed E-state index contributed by atoms with van der Waals surface area (Å²) in [5.41, 5.74) is 0. The van der Waals surface area contributed by atoms with Gasteiger partial charge in [0.05, 0.1) is 0 Å². The zero-order valence-electron chi connectivity index (χ0n) is 11.4. The van der Waals surface area contributed by atoms with Crippen LogP contribution in [0.15, 0.2) is 0 Å². The van der Waals surface area contributed by atoms with E-state index in [4.69, 9.17) is 10.2 Å². The van der Waals surface area contributed by atoms with Crippen molar-refractivity contribution in [3.05, 3.63) is 0 Å². The van der Waals surface area contributed by atoms with Crippen LogP contribution in [0.5, 0.6) is 0 Å². The van der Waals surface area contributed by atoms with E-state index in [-0.39, 0.29) is 6.42 Å². The molecule has 4 heteroatoms. The summed E-state index contributed by atoms with van der Waals surface area (Å²) in [6.45, 7) is 2.20. The molecule has 106 valence electrons. The number of carboxylic acids is 2. The van der Waals surface area contributed by atoms with E-state index in [2.05, 4.69) is 6.92 Å². The van der Waals surface area contributed by atoms with Crippen LogP contribution >= 0.6 is 0 Å². The van der Waals surface area contributed by atoms with Gasteiger partial charge in [-0.25, -0.2) is 0 Å². The molecular weight excluding hydrogens is 232 g/mol. The van der Waals surface area contributed by atoms with Crippen molar-refractivity contribution in [1.29, 1.82) is 0 Å². The molecule has 0 saturated carbocycles. The summed E-state index contributed by atoms with van der Waals surface area (Å²) >= 11 is 0. The zero-order chi connectivity index (χ0) is 13.8. The smallest absolute Gasteiger partial charge is 0.317 e. The molecule has 0 heterocycles. The van der Waals surface area contributed by atoms with E-state index in [1.807, 2.05) is 0 Å². The standard InChI is InChI=1S/C14H26O4/c1-2-3-4-5-6-7-8-9-10-11-12(13(15)16)14(17)18/h12H,2-11H2,1H3,(H,15,16)(H,17,18). The first kappa shape index (κ1) is 16.9. The fourth-order valence-electron chi connectivity index (χ4n) is 2.01. The van der Waals surface area contributed by atoms with Crippen LogP contribution in [-0.4, -0.2) is 22.2 Å². The lowest BCUT2D eigenvalue weighted by molar-refractivity contribution is -0.154. The SMILES string of the molecule is CCCCCCCCCCCC(C(=O)O)C(=O)O. The van der Waals surface area contributed by atoms with E-state index in [1.165, 1.54) is 38.5 Å². The average molecular weight is 258 g/mol. The minimum Gasteiger partial charge on any atom is -0.481 e. The van der Waals surface area contributed by atoms with Crippen molar-refractivity contribution < 1.29 is 19.8 Å². The number of carbonyl (C=O) groups is 2. The third-order valence-corrected chi connectivity index (χ3v) is 3.19. The van der Waals surface area contributed by atoms with Crippen LogP contribution < -0.4 is 0 Å². The lowest BCUT2D eigenvalue weighted by Gasteiger charge is -2.06. The van der Waals surface area contributed by atoms with E-state index < -0.39 is 17.9 Å². The van der Waals surface area contributed by atoms with Gasteiger partial charge in [-0.15, -0.1) is 0 Å². The summed E-state index contributed by atoms with van der Waals surface area (Å²) in [7, 11) is 0. The lowest BCUT2D eigenvalue weighted by Crippen LogP contribution is -2.23. The summed E-state index contributed by atoms with van der Waals surface area (Å²) in [4.78, 5) is 21.3. The van der Waals surface area contributed by atoms with Crippen LogP contribution in [0.2, 0.25) is 0 Å². The second kappa shape index (κ2) is 11.1. The Balaban J connectivity index is 3.39. The minimum atomic E-state index is -1.23. The highest BCUT2D eigenvalue weighted by Gasteiger charge is 2.24. The zero-order valence-corrected chi connectivity index (χ0v) is 11.4. The van der Waals surface area contributed by atoms with Crippen LogP contribution in [0.25, 0.3) is 0 Å². The second-order valence-corrected chi connectivity index (χ2v) is 4.85. The topological polar surface area (TPSA) is 74.6 Å². The molecule has 0 atom stereocenters. The Morgan fingerprint density at radius 3 is 1.56 bits per heavy atom. The maximum Gasteiger partial charge on any atom is 0.317 e. The van der Waals surface area contributed by atoms with Crippen molar-refractivity contribution in [1.82, 2.24) is 0 Å². The molecule has 0 spiro atoms. The number of carboxylic acid groups (broad SMARTS) is 2. The highest BCUT2D eigenvalue weighted by Crippen LogP contribution is 2.14. The molecule has 0 aliphatic heterocycles. The Morgan fingerprint density at radius 2 is 1.17 bits per heavy atom. The monoisotopic (exact) mass is 258 g/mol. The van der Waals surface area contributed by atoms with E-state index in [1.54, 1.807) is 0 Å². The van der Waals surface area contributed by atoms with E-state index in [0.29, 0.717) is 6.42 Å². The maximum absolute atomic E-state index is 10.6. The first-order valence-corrected chi connectivity index (χ1v) is 7.05. The van der Waals surface area contributed by atoms with Crippen molar-refractivity contribution >= 4 is 11.9 Å². The second-order valence-electron chi connectivity index (χ2n) is 4.85. The van der Waals surface area contributed by atoms with Crippen LogP contribution in [0.4, 0.5) is 0 Å². The first-order chi connectivity index (χ1) is 8.59. The molecule has 18 heavy (non-hydrogen) atoms. The number of unbranched alkanes of at least 4 members (excludes halogenated alkanes) is 8. The normalized spacial score (nSPS) is 10.8. The van der Waals surface area contributed by atoms with Gasteiger partial charge in [-0.1, -0.05) is 64.7 Å². The third-order valence-electron chi connectivity index (χ3n) is 3.19. The van der Waals surface area contributed by atoms with Gasteiger partial charge in [0.1, 0.15) is 0 Å². The molecule has 0 saturated heterocycles. The van der Waals surface area contributed by atoms with E-state index >= 15 is 0 Å². The lowest BCUT2D eigenvalue weighted by atomic mass is 10.00. The van der Waals surface area contributed by atoms with Gasteiger partial charge in [-0.2, -0.15) is 0 Å². The van der Waals surface area contributed by atoms with Gasteiger partial charge in [0.25, 0.3) is 0 Å². The molecule has 0 aromatic heterocycles. The Labute approximate surface area is 109 Å². The predicted molar refractivity (Wildman–Crippen MR) is 70.6 cm³/mol. The summed E-state index contributed by atoms with van der Waals surface area (Å²) in [5, 5.41) is 17.4. The molecular formula is C14H26O4. The largest absolute Gasteiger partial charge is 0.481 e. The quantitative estimate of drug-likeness (QED) is 0.413. The van der Waals surface area contributed by atoms with Crippen molar-refractivity contribution in [2.75, 3.05) is 0 Å². The Kier molecular flexibility index (Phi) is 10.4. The van der Waals surface area contributed by atoms with Crippen molar-refractivity contribution in [2.45, 2.75) is 71.1 Å². The van der Waals surface area contributed by atoms with E-state index in [9.17, 15) is 9.59 Å². The van der Waals surface area contributed by atoms with Crippen LogP contribution in [0, 0.1) is 5.92 Å². The highest BCUT2D eigenvalue weighted by atomic mass is 16.4. The Bertz CT molecular complexity index is 224. The van der Waals surface area contributed by atoms with Gasteiger partial charge < -0.3 is 10.2 Å². The molecule has 0 unspecified atom stereocenters. The molecule has 0 bridgehead atoms. The molecule has 0 radical (unpaired) electrons. The molecule has 0 aromatic carbocycles. The molecule has 0 aliphatic rings. The van der Waals surface area contributed by atoms with Gasteiger partial charge in [0, 0.05) is 0 Å². The Morgan fingerprint density at radius 1 is 0.778 bits per heavy atom. The fraction of sp³-hybridized carbons (Fsp3) is 0.857. The Hall–Kier alpha value is -1.06. The summed E-state index contributed by atoms with van der Waals surface area (Å²) in [5.74, 6) is -3.67. The summed E-state index contributed by atoms with van der Waals surface area (Å²) in [6.07, 6.45) is 10.5. The number of hydrogen-bond donors (Lipinski definition) is 2. The maximum atomic E-state index is 10.6. The molecule has 0 aromatic rings. The molecule has 0 amide bonds. The number of rotatable bonds is 12. The molecule has 0 aliphatic carbocycles. The van der Waals surface area contributed by atoms with Crippen LogP contribution in [0.3, 0.4) is 0 Å². The third kappa shape index (κ3) is 9.02. The fourth-order valence-corrected chi connectivity index (χ4v) is 2.01. The van der Waals surface area contributed by atoms with Gasteiger partial charge in [0.15, 0.2) is 5.92 Å². The first-order valence-electron chi connectivity index (χ1n) is 7.05. The summed E-state index contributed by atoms with van der Waals surface area (Å²) in [6, 6.07) is 0. The highest BCUT2D eigenvalue weighted by molar-refractivity contribution is 5.92. The van der Waals surface area contributed by atoms with Crippen LogP contribution in [0.1, 0.15) is 71.1 Å². The van der Waals surface area contributed by atoms with Gasteiger partial charge in [-0.05, 0) is 6.42 Å². The molecule has 2 N–H and O–H groups in total. The van der Waals surface area contributed by atoms with Crippen molar-refractivity contribution in [3.8, 4) is 0 Å². The van der Waals surface area contributed by atoms with Crippen LogP contribution in [-0.2, 0) is 9.59 Å². The average Bonchev–Trinajstić information content (AvgIpc) is 2.30. The van der Waals surface area contributed by atoms with Gasteiger partial charge in [0.2, 0.25) is 0 Å². The minimum absolute atomic E-state index is 0.250. The summed E-state index contributed by atoms with van der Waals surface area (Å²) < 4.78 is 0. The molecule has 0 rings (SSSR count). The van der Waals surface area contributed by atoms with Gasteiger partial charge >= 0.3 is 11.9 Å². The molecule has 4 nitrogen and oxygen atoms in total. The van der Waals surface area contributed by atoms with Gasteiger partial charge in [-0.3, -0.25) is 9.59 Å². The van der Waals surface area contributed by atoms with Crippen molar-refractivity contribution in [2.24, 2.45) is 5.92 Å².